The highest BCUT2D eigenvalue weighted by atomic mass is 19.3. The topological polar surface area (TPSA) is 77.3 Å². The number of nitro benzene ring substituents is 1. The fourth-order valence-corrected chi connectivity index (χ4v) is 2.61. The van der Waals surface area contributed by atoms with Crippen LogP contribution in [0.15, 0.2) is 72.9 Å². The smallest absolute Gasteiger partial charge is 0.387 e. The van der Waals surface area contributed by atoms with Gasteiger partial charge in [0, 0.05) is 12.3 Å². The van der Waals surface area contributed by atoms with E-state index in [2.05, 4.69) is 15.0 Å². The molecule has 1 N–H and O–H groups in total. The third kappa shape index (κ3) is 4.55. The third-order valence-electron chi connectivity index (χ3n) is 3.81. The van der Waals surface area contributed by atoms with Gasteiger partial charge in [-0.05, 0) is 23.8 Å². The number of nitrogens with one attached hydrogen (secondary N) is 1. The van der Waals surface area contributed by atoms with E-state index < -0.39 is 17.6 Å². The number of hydrogen-bond donors (Lipinski definition) is 1. The van der Waals surface area contributed by atoms with Crippen molar-refractivity contribution in [1.29, 1.82) is 0 Å². The molecule has 0 saturated heterocycles. The average Bonchev–Trinajstić information content (AvgIpc) is 2.67. The van der Waals surface area contributed by atoms with E-state index in [9.17, 15) is 18.9 Å². The van der Waals surface area contributed by atoms with Crippen molar-refractivity contribution in [2.75, 3.05) is 5.32 Å². The van der Waals surface area contributed by atoms with Crippen LogP contribution in [0.1, 0.15) is 17.3 Å². The van der Waals surface area contributed by atoms with Crippen molar-refractivity contribution in [3.63, 3.8) is 0 Å². The predicted molar refractivity (Wildman–Crippen MR) is 95.9 cm³/mol. The summed E-state index contributed by atoms with van der Waals surface area (Å²) in [5.74, 6) is -0.309. The predicted octanol–water partition coefficient (Wildman–Crippen LogP) is 4.79. The van der Waals surface area contributed by atoms with Gasteiger partial charge in [-0.2, -0.15) is 8.78 Å². The fourth-order valence-electron chi connectivity index (χ4n) is 2.61. The number of alkyl halides is 2. The molecule has 27 heavy (non-hydrogen) atoms. The SMILES string of the molecule is O=[N+]([O-])c1ccc(NC(c2ccccc2)c2ccccn2)c(OC(F)F)c1. The molecule has 1 unspecified atom stereocenters. The first kappa shape index (κ1) is 18.2. The van der Waals surface area contributed by atoms with E-state index in [0.717, 1.165) is 11.6 Å². The monoisotopic (exact) mass is 371 g/mol. The number of benzene rings is 2. The molecule has 1 aromatic heterocycles. The summed E-state index contributed by atoms with van der Waals surface area (Å²) in [6.07, 6.45) is 1.62. The van der Waals surface area contributed by atoms with Crippen LogP contribution in [0.25, 0.3) is 0 Å². The molecule has 0 radical (unpaired) electrons. The molecule has 138 valence electrons. The first-order valence-corrected chi connectivity index (χ1v) is 8.00. The molecule has 2 aromatic carbocycles. The molecule has 6 nitrogen and oxygen atoms in total. The Bertz CT molecular complexity index is 869. The lowest BCUT2D eigenvalue weighted by Gasteiger charge is -2.21. The Balaban J connectivity index is 2.02. The van der Waals surface area contributed by atoms with Gasteiger partial charge in [0.1, 0.15) is 0 Å². The number of hydrogen-bond acceptors (Lipinski definition) is 5. The van der Waals surface area contributed by atoms with E-state index in [-0.39, 0.29) is 17.1 Å². The summed E-state index contributed by atoms with van der Waals surface area (Å²) in [6.45, 7) is -3.11. The summed E-state index contributed by atoms with van der Waals surface area (Å²) in [5, 5.41) is 14.1. The number of anilines is 1. The minimum atomic E-state index is -3.11. The minimum Gasteiger partial charge on any atom is -0.432 e. The van der Waals surface area contributed by atoms with Gasteiger partial charge in [0.2, 0.25) is 0 Å². The van der Waals surface area contributed by atoms with Crippen LogP contribution in [0.2, 0.25) is 0 Å². The molecule has 8 heteroatoms. The van der Waals surface area contributed by atoms with E-state index >= 15 is 0 Å². The number of aromatic nitrogens is 1. The molecule has 0 bridgehead atoms. The second-order valence-corrected chi connectivity index (χ2v) is 5.56. The molecule has 0 amide bonds. The number of ether oxygens (including phenoxy) is 1. The van der Waals surface area contributed by atoms with Gasteiger partial charge in [-0.25, -0.2) is 0 Å². The van der Waals surface area contributed by atoms with E-state index in [1.165, 1.54) is 12.1 Å². The van der Waals surface area contributed by atoms with Crippen molar-refractivity contribution < 1.29 is 18.4 Å². The highest BCUT2D eigenvalue weighted by Crippen LogP contribution is 2.34. The van der Waals surface area contributed by atoms with Gasteiger partial charge in [-0.3, -0.25) is 15.1 Å². The first-order valence-electron chi connectivity index (χ1n) is 8.00. The lowest BCUT2D eigenvalue weighted by molar-refractivity contribution is -0.385. The average molecular weight is 371 g/mol. The Labute approximate surface area is 153 Å². The number of pyridine rings is 1. The van der Waals surface area contributed by atoms with E-state index in [4.69, 9.17) is 0 Å². The van der Waals surface area contributed by atoms with Gasteiger partial charge in [0.15, 0.2) is 5.75 Å². The quantitative estimate of drug-likeness (QED) is 0.477. The summed E-state index contributed by atoms with van der Waals surface area (Å²) >= 11 is 0. The van der Waals surface area contributed by atoms with Gasteiger partial charge < -0.3 is 10.1 Å². The van der Waals surface area contributed by atoms with Crippen molar-refractivity contribution in [3.05, 3.63) is 94.3 Å². The largest absolute Gasteiger partial charge is 0.432 e. The number of rotatable bonds is 7. The Morgan fingerprint density at radius 2 is 1.78 bits per heavy atom. The second-order valence-electron chi connectivity index (χ2n) is 5.56. The van der Waals surface area contributed by atoms with Crippen molar-refractivity contribution in [1.82, 2.24) is 4.98 Å². The van der Waals surface area contributed by atoms with Crippen molar-refractivity contribution >= 4 is 11.4 Å². The maximum Gasteiger partial charge on any atom is 0.387 e. The van der Waals surface area contributed by atoms with E-state index in [0.29, 0.717) is 5.69 Å². The molecule has 0 fully saturated rings. The first-order chi connectivity index (χ1) is 13.0. The van der Waals surface area contributed by atoms with Crippen LogP contribution in [0.5, 0.6) is 5.75 Å². The summed E-state index contributed by atoms with van der Waals surface area (Å²) in [7, 11) is 0. The van der Waals surface area contributed by atoms with Crippen molar-refractivity contribution in [2.24, 2.45) is 0 Å². The zero-order valence-corrected chi connectivity index (χ0v) is 14.0. The number of halogens is 2. The Morgan fingerprint density at radius 3 is 2.41 bits per heavy atom. The summed E-state index contributed by atoms with van der Waals surface area (Å²) in [5.41, 5.74) is 1.35. The van der Waals surface area contributed by atoms with Crippen LogP contribution < -0.4 is 10.1 Å². The van der Waals surface area contributed by atoms with Crippen LogP contribution in [-0.4, -0.2) is 16.5 Å². The highest BCUT2D eigenvalue weighted by Gasteiger charge is 2.20. The molecule has 0 aliphatic rings. The minimum absolute atomic E-state index is 0.195. The Morgan fingerprint density at radius 1 is 1.04 bits per heavy atom. The molecule has 0 aliphatic heterocycles. The molecule has 0 saturated carbocycles. The maximum atomic E-state index is 12.8. The molecule has 1 atom stereocenters. The number of nitrogens with zero attached hydrogens (tertiary/aromatic N) is 2. The molecular weight excluding hydrogens is 356 g/mol. The molecule has 0 spiro atoms. The van der Waals surface area contributed by atoms with Crippen molar-refractivity contribution in [2.45, 2.75) is 12.7 Å². The Hall–Kier alpha value is -3.55. The zero-order valence-electron chi connectivity index (χ0n) is 14.0. The Kier molecular flexibility index (Phi) is 5.55. The molecule has 0 aliphatic carbocycles. The van der Waals surface area contributed by atoms with E-state index in [1.807, 2.05) is 36.4 Å². The van der Waals surface area contributed by atoms with Crippen LogP contribution in [0.4, 0.5) is 20.2 Å². The summed E-state index contributed by atoms with van der Waals surface area (Å²) < 4.78 is 30.1. The molecule has 1 heterocycles. The highest BCUT2D eigenvalue weighted by molar-refractivity contribution is 5.62. The van der Waals surface area contributed by atoms with Crippen molar-refractivity contribution in [3.8, 4) is 5.75 Å². The van der Waals surface area contributed by atoms with Gasteiger partial charge >= 0.3 is 6.61 Å². The lowest BCUT2D eigenvalue weighted by atomic mass is 10.0. The van der Waals surface area contributed by atoms with Crippen LogP contribution in [-0.2, 0) is 0 Å². The van der Waals surface area contributed by atoms with Crippen LogP contribution in [0.3, 0.4) is 0 Å². The zero-order chi connectivity index (χ0) is 19.2. The lowest BCUT2D eigenvalue weighted by Crippen LogP contribution is -2.15. The summed E-state index contributed by atoms with van der Waals surface area (Å²) in [6, 6.07) is 17.7. The fraction of sp³-hybridized carbons (Fsp3) is 0.105. The third-order valence-corrected chi connectivity index (χ3v) is 3.81. The normalized spacial score (nSPS) is 11.8. The molecular formula is C19H15F2N3O3. The van der Waals surface area contributed by atoms with Crippen LogP contribution >= 0.6 is 0 Å². The maximum absolute atomic E-state index is 12.8. The molecule has 3 rings (SSSR count). The van der Waals surface area contributed by atoms with Gasteiger partial charge in [0.25, 0.3) is 5.69 Å². The number of nitro groups is 1. The standard InChI is InChI=1S/C19H15F2N3O3/c20-19(21)27-17-12-14(24(25)26)9-10-15(17)23-18(13-6-2-1-3-7-13)16-8-4-5-11-22-16/h1-12,18-19,23H. The van der Waals surface area contributed by atoms with E-state index in [1.54, 1.807) is 18.3 Å². The van der Waals surface area contributed by atoms with Crippen LogP contribution in [0, 0.1) is 10.1 Å². The number of non-ortho nitro benzene ring substituents is 1. The molecule has 3 aromatic rings. The summed E-state index contributed by atoms with van der Waals surface area (Å²) in [4.78, 5) is 14.6. The van der Waals surface area contributed by atoms with Gasteiger partial charge in [0.05, 0.1) is 28.4 Å². The van der Waals surface area contributed by atoms with Gasteiger partial charge in [-0.15, -0.1) is 0 Å². The van der Waals surface area contributed by atoms with Gasteiger partial charge in [-0.1, -0.05) is 36.4 Å². The second kappa shape index (κ2) is 8.22.